The summed E-state index contributed by atoms with van der Waals surface area (Å²) in [4.78, 5) is 13.5. The van der Waals surface area contributed by atoms with Crippen molar-refractivity contribution in [3.8, 4) is 11.3 Å². The lowest BCUT2D eigenvalue weighted by atomic mass is 10.1. The van der Waals surface area contributed by atoms with E-state index in [1.54, 1.807) is 15.6 Å². The third-order valence-corrected chi connectivity index (χ3v) is 3.79. The molecule has 0 aliphatic rings. The minimum atomic E-state index is -0.175. The molecule has 0 saturated carbocycles. The first-order valence-corrected chi connectivity index (χ1v) is 8.12. The quantitative estimate of drug-likeness (QED) is 0.565. The highest BCUT2D eigenvalue weighted by Gasteiger charge is 2.13. The van der Waals surface area contributed by atoms with Crippen molar-refractivity contribution in [3.05, 3.63) is 59.2 Å². The molecule has 2 aromatic heterocycles. The number of carbonyl (C=O) groups excluding carboxylic acids is 1. The largest absolute Gasteiger partial charge is 0.301 e. The van der Waals surface area contributed by atoms with Gasteiger partial charge in [-0.2, -0.15) is 10.2 Å². The Balaban J connectivity index is 1.96. The van der Waals surface area contributed by atoms with E-state index in [0.29, 0.717) is 5.02 Å². The molecule has 0 unspecified atom stereocenters. The molecule has 0 aliphatic heterocycles. The van der Waals surface area contributed by atoms with Crippen LogP contribution in [-0.4, -0.2) is 47.3 Å². The number of carbonyl (C=O) groups is 1. The molecule has 1 aromatic carbocycles. The summed E-state index contributed by atoms with van der Waals surface area (Å²) in [7, 11) is 3.65. The summed E-state index contributed by atoms with van der Waals surface area (Å²) < 4.78 is 1.78. The maximum Gasteiger partial charge on any atom is 0.254 e. The number of halogens is 1. The summed E-state index contributed by atoms with van der Waals surface area (Å²) in [6.45, 7) is 0.274. The topological polar surface area (TPSA) is 62.0 Å². The highest BCUT2D eigenvalue weighted by Crippen LogP contribution is 2.26. The molecule has 1 N–H and O–H groups in total. The molecule has 0 spiro atoms. The molecule has 6 nitrogen and oxygen atoms in total. The van der Waals surface area contributed by atoms with Crippen LogP contribution in [0.1, 0.15) is 5.56 Å². The fourth-order valence-corrected chi connectivity index (χ4v) is 2.58. The molecule has 7 heteroatoms. The Morgan fingerprint density at radius 3 is 2.76 bits per heavy atom. The van der Waals surface area contributed by atoms with Crippen molar-refractivity contribution in [1.82, 2.24) is 19.9 Å². The zero-order valence-electron chi connectivity index (χ0n) is 14.0. The molecule has 0 atom stereocenters. The Morgan fingerprint density at radius 1 is 1.28 bits per heavy atom. The number of hydrogen-bond acceptors (Lipinski definition) is 4. The molecule has 0 fully saturated rings. The van der Waals surface area contributed by atoms with Crippen molar-refractivity contribution < 1.29 is 4.79 Å². The minimum Gasteiger partial charge on any atom is -0.301 e. The number of hydrazone groups is 1. The minimum absolute atomic E-state index is 0.175. The van der Waals surface area contributed by atoms with Gasteiger partial charge in [0, 0.05) is 22.3 Å². The van der Waals surface area contributed by atoms with Gasteiger partial charge in [0.1, 0.15) is 5.69 Å². The predicted octanol–water partition coefficient (Wildman–Crippen LogP) is 2.67. The second-order valence-corrected chi connectivity index (χ2v) is 6.27. The Hall–Kier alpha value is -2.70. The summed E-state index contributed by atoms with van der Waals surface area (Å²) >= 11 is 5.97. The highest BCUT2D eigenvalue weighted by atomic mass is 35.5. The molecular weight excluding hydrogens is 338 g/mol. The normalized spacial score (nSPS) is 11.5. The number of aromatic nitrogens is 2. The molecule has 128 valence electrons. The van der Waals surface area contributed by atoms with Gasteiger partial charge in [0.25, 0.3) is 5.91 Å². The van der Waals surface area contributed by atoms with Gasteiger partial charge in [-0.25, -0.2) is 9.94 Å². The van der Waals surface area contributed by atoms with Crippen LogP contribution in [-0.2, 0) is 4.79 Å². The molecule has 0 aliphatic carbocycles. The van der Waals surface area contributed by atoms with Crippen LogP contribution in [0.2, 0.25) is 5.02 Å². The van der Waals surface area contributed by atoms with Crippen LogP contribution in [0.15, 0.2) is 53.8 Å². The van der Waals surface area contributed by atoms with Crippen molar-refractivity contribution in [2.45, 2.75) is 0 Å². The van der Waals surface area contributed by atoms with Gasteiger partial charge in [0.2, 0.25) is 0 Å². The number of hydrogen-bond donors (Lipinski definition) is 1. The van der Waals surface area contributed by atoms with Gasteiger partial charge in [-0.1, -0.05) is 29.8 Å². The van der Waals surface area contributed by atoms with Crippen LogP contribution < -0.4 is 5.43 Å². The summed E-state index contributed by atoms with van der Waals surface area (Å²) in [5.41, 5.74) is 5.96. The highest BCUT2D eigenvalue weighted by molar-refractivity contribution is 6.30. The molecule has 3 rings (SSSR count). The van der Waals surface area contributed by atoms with E-state index in [4.69, 9.17) is 11.6 Å². The van der Waals surface area contributed by atoms with Gasteiger partial charge >= 0.3 is 0 Å². The van der Waals surface area contributed by atoms with Crippen LogP contribution in [0, 0.1) is 0 Å². The number of nitrogens with zero attached hydrogens (tertiary/aromatic N) is 4. The van der Waals surface area contributed by atoms with Crippen molar-refractivity contribution in [2.75, 3.05) is 20.6 Å². The van der Waals surface area contributed by atoms with Gasteiger partial charge in [-0.15, -0.1) is 0 Å². The number of rotatable bonds is 5. The Labute approximate surface area is 150 Å². The lowest BCUT2D eigenvalue weighted by Gasteiger charge is -2.06. The average Bonchev–Trinajstić information content (AvgIpc) is 2.94. The van der Waals surface area contributed by atoms with Crippen molar-refractivity contribution in [3.63, 3.8) is 0 Å². The molecule has 1 amide bonds. The van der Waals surface area contributed by atoms with Gasteiger partial charge in [0.05, 0.1) is 18.3 Å². The molecule has 2 heterocycles. The first kappa shape index (κ1) is 17.1. The van der Waals surface area contributed by atoms with Gasteiger partial charge in [-0.05, 0) is 38.4 Å². The third kappa shape index (κ3) is 4.04. The van der Waals surface area contributed by atoms with E-state index >= 15 is 0 Å². The van der Waals surface area contributed by atoms with Gasteiger partial charge in [-0.3, -0.25) is 4.79 Å². The summed E-state index contributed by atoms with van der Waals surface area (Å²) in [6, 6.07) is 13.3. The smallest absolute Gasteiger partial charge is 0.254 e. The average molecular weight is 356 g/mol. The van der Waals surface area contributed by atoms with Crippen molar-refractivity contribution in [2.24, 2.45) is 5.10 Å². The lowest BCUT2D eigenvalue weighted by Crippen LogP contribution is -2.30. The van der Waals surface area contributed by atoms with E-state index in [1.807, 2.05) is 62.8 Å². The Bertz CT molecular complexity index is 915. The van der Waals surface area contributed by atoms with Crippen LogP contribution >= 0.6 is 11.6 Å². The fraction of sp³-hybridized carbons (Fsp3) is 0.167. The lowest BCUT2D eigenvalue weighted by molar-refractivity contribution is -0.121. The number of benzene rings is 1. The summed E-state index contributed by atoms with van der Waals surface area (Å²) in [5.74, 6) is -0.175. The summed E-state index contributed by atoms with van der Waals surface area (Å²) in [6.07, 6.45) is 3.50. The molecule has 0 bridgehead atoms. The SMILES string of the molecule is CN(C)CC(=O)NN=Cc1c(-c2ccc(Cl)cc2)nn2ccccc12. The Morgan fingerprint density at radius 2 is 2.04 bits per heavy atom. The number of likely N-dealkylation sites (N-methyl/N-ethyl adjacent to an activating group) is 1. The van der Waals surface area contributed by atoms with Crippen molar-refractivity contribution in [1.29, 1.82) is 0 Å². The van der Waals surface area contributed by atoms with Crippen LogP contribution in [0.3, 0.4) is 0 Å². The van der Waals surface area contributed by atoms with E-state index in [9.17, 15) is 4.79 Å². The van der Waals surface area contributed by atoms with Crippen LogP contribution in [0.25, 0.3) is 16.8 Å². The Kier molecular flexibility index (Phi) is 5.11. The zero-order valence-corrected chi connectivity index (χ0v) is 14.7. The zero-order chi connectivity index (χ0) is 17.8. The molecule has 3 aromatic rings. The van der Waals surface area contributed by atoms with Gasteiger partial charge in [0.15, 0.2) is 0 Å². The van der Waals surface area contributed by atoms with E-state index < -0.39 is 0 Å². The predicted molar refractivity (Wildman–Crippen MR) is 99.9 cm³/mol. The molecule has 0 radical (unpaired) electrons. The number of fused-ring (bicyclic) bond motifs is 1. The van der Waals surface area contributed by atoms with E-state index in [1.165, 1.54) is 0 Å². The molecule has 0 saturated heterocycles. The van der Waals surface area contributed by atoms with Crippen molar-refractivity contribution >= 4 is 29.2 Å². The fourth-order valence-electron chi connectivity index (χ4n) is 2.46. The van der Waals surface area contributed by atoms with Crippen LogP contribution in [0.5, 0.6) is 0 Å². The number of nitrogens with one attached hydrogen (secondary N) is 1. The monoisotopic (exact) mass is 355 g/mol. The van der Waals surface area contributed by atoms with E-state index in [2.05, 4.69) is 15.6 Å². The number of pyridine rings is 1. The second-order valence-electron chi connectivity index (χ2n) is 5.83. The van der Waals surface area contributed by atoms with E-state index in [-0.39, 0.29) is 12.5 Å². The molecule has 25 heavy (non-hydrogen) atoms. The van der Waals surface area contributed by atoms with E-state index in [0.717, 1.165) is 22.3 Å². The number of amides is 1. The third-order valence-electron chi connectivity index (χ3n) is 3.54. The molecular formula is C18H18ClN5O. The van der Waals surface area contributed by atoms with Crippen LogP contribution in [0.4, 0.5) is 0 Å². The first-order valence-electron chi connectivity index (χ1n) is 7.74. The second kappa shape index (κ2) is 7.46. The van der Waals surface area contributed by atoms with Gasteiger partial charge < -0.3 is 4.90 Å². The first-order chi connectivity index (χ1) is 12.0. The summed E-state index contributed by atoms with van der Waals surface area (Å²) in [5, 5.41) is 9.38. The maximum atomic E-state index is 11.7. The maximum absolute atomic E-state index is 11.7. The standard InChI is InChI=1S/C18H18ClN5O/c1-23(2)12-17(25)21-20-11-15-16-5-3-4-10-24(16)22-18(15)13-6-8-14(19)9-7-13/h3-11H,12H2,1-2H3,(H,21,25).